The second kappa shape index (κ2) is 7.11. The second-order valence-corrected chi connectivity index (χ2v) is 7.64. The molecular weight excluding hydrogens is 364 g/mol. The van der Waals surface area contributed by atoms with Crippen LogP contribution >= 0.6 is 22.7 Å². The van der Waals surface area contributed by atoms with Gasteiger partial charge in [0.25, 0.3) is 11.8 Å². The van der Waals surface area contributed by atoms with Crippen molar-refractivity contribution in [1.29, 1.82) is 0 Å². The predicted octanol–water partition coefficient (Wildman–Crippen LogP) is 5.47. The SMILES string of the molecule is O=C(Nc1ccc(NC(=O)c2cc3ccccc3s2)cc1)c1cccs1. The maximum Gasteiger partial charge on any atom is 0.265 e. The molecule has 0 atom stereocenters. The van der Waals surface area contributed by atoms with E-state index in [4.69, 9.17) is 0 Å². The van der Waals surface area contributed by atoms with E-state index >= 15 is 0 Å². The zero-order chi connectivity index (χ0) is 17.9. The van der Waals surface area contributed by atoms with Crippen molar-refractivity contribution in [3.8, 4) is 0 Å². The van der Waals surface area contributed by atoms with Gasteiger partial charge in [0, 0.05) is 16.1 Å². The standard InChI is InChI=1S/C20H14N2O2S2/c23-19(17-6-3-11-25-17)21-14-7-9-15(10-8-14)22-20(24)18-12-13-4-1-2-5-16(13)26-18/h1-12H,(H,21,23)(H,22,24). The van der Waals surface area contributed by atoms with Crippen LogP contribution in [-0.2, 0) is 0 Å². The van der Waals surface area contributed by atoms with E-state index in [0.717, 1.165) is 10.1 Å². The number of carbonyl (C=O) groups is 2. The summed E-state index contributed by atoms with van der Waals surface area (Å²) in [6, 6.07) is 20.5. The fraction of sp³-hybridized carbons (Fsp3) is 0. The van der Waals surface area contributed by atoms with Crippen LogP contribution in [0.4, 0.5) is 11.4 Å². The molecule has 6 heteroatoms. The molecule has 26 heavy (non-hydrogen) atoms. The van der Waals surface area contributed by atoms with E-state index in [1.165, 1.54) is 22.7 Å². The molecule has 0 radical (unpaired) electrons. The van der Waals surface area contributed by atoms with Crippen LogP contribution in [0, 0.1) is 0 Å². The maximum absolute atomic E-state index is 12.4. The van der Waals surface area contributed by atoms with Gasteiger partial charge in [-0.1, -0.05) is 24.3 Å². The average molecular weight is 378 g/mol. The lowest BCUT2D eigenvalue weighted by molar-refractivity contribution is 0.102. The van der Waals surface area contributed by atoms with Crippen LogP contribution in [0.5, 0.6) is 0 Å². The van der Waals surface area contributed by atoms with E-state index in [0.29, 0.717) is 21.1 Å². The lowest BCUT2D eigenvalue weighted by atomic mass is 10.2. The van der Waals surface area contributed by atoms with E-state index in [1.807, 2.05) is 41.8 Å². The number of benzene rings is 2. The van der Waals surface area contributed by atoms with Crippen molar-refractivity contribution >= 4 is 55.9 Å². The molecule has 0 unspecified atom stereocenters. The number of hydrogen-bond donors (Lipinski definition) is 2. The number of carbonyl (C=O) groups excluding carboxylic acids is 2. The minimum atomic E-state index is -0.137. The number of fused-ring (bicyclic) bond motifs is 1. The van der Waals surface area contributed by atoms with E-state index in [-0.39, 0.29) is 11.8 Å². The second-order valence-electron chi connectivity index (χ2n) is 5.61. The molecule has 2 heterocycles. The minimum Gasteiger partial charge on any atom is -0.321 e. The molecule has 2 aromatic heterocycles. The Bertz CT molecular complexity index is 1030. The Balaban J connectivity index is 1.43. The third-order valence-electron chi connectivity index (χ3n) is 3.79. The first-order valence-electron chi connectivity index (χ1n) is 7.94. The van der Waals surface area contributed by atoms with Gasteiger partial charge in [0.05, 0.1) is 9.75 Å². The number of rotatable bonds is 4. The van der Waals surface area contributed by atoms with Crippen LogP contribution < -0.4 is 10.6 Å². The Morgan fingerprint density at radius 3 is 2.00 bits per heavy atom. The molecule has 128 valence electrons. The first-order chi connectivity index (χ1) is 12.7. The molecule has 0 spiro atoms. The van der Waals surface area contributed by atoms with Crippen molar-refractivity contribution < 1.29 is 9.59 Å². The minimum absolute atomic E-state index is 0.137. The molecule has 0 aliphatic rings. The highest BCUT2D eigenvalue weighted by Gasteiger charge is 2.11. The Morgan fingerprint density at radius 1 is 0.731 bits per heavy atom. The molecular formula is C20H14N2O2S2. The number of thiophene rings is 2. The third-order valence-corrected chi connectivity index (χ3v) is 5.78. The van der Waals surface area contributed by atoms with Crippen molar-refractivity contribution in [2.24, 2.45) is 0 Å². The fourth-order valence-corrected chi connectivity index (χ4v) is 4.10. The zero-order valence-corrected chi connectivity index (χ0v) is 15.2. The van der Waals surface area contributed by atoms with Crippen LogP contribution in [0.25, 0.3) is 10.1 Å². The van der Waals surface area contributed by atoms with Crippen LogP contribution in [-0.4, -0.2) is 11.8 Å². The Morgan fingerprint density at radius 2 is 1.38 bits per heavy atom. The molecule has 4 aromatic rings. The third kappa shape index (κ3) is 3.51. The van der Waals surface area contributed by atoms with Gasteiger partial charge in [-0.2, -0.15) is 0 Å². The summed E-state index contributed by atoms with van der Waals surface area (Å²) in [5, 5.41) is 8.65. The summed E-state index contributed by atoms with van der Waals surface area (Å²) in [7, 11) is 0. The Kier molecular flexibility index (Phi) is 4.51. The monoisotopic (exact) mass is 378 g/mol. The van der Waals surface area contributed by atoms with Crippen molar-refractivity contribution in [2.75, 3.05) is 10.6 Å². The topological polar surface area (TPSA) is 58.2 Å². The number of hydrogen-bond acceptors (Lipinski definition) is 4. The molecule has 4 nitrogen and oxygen atoms in total. The van der Waals surface area contributed by atoms with Crippen molar-refractivity contribution in [3.05, 3.63) is 81.9 Å². The fourth-order valence-electron chi connectivity index (χ4n) is 2.52. The van der Waals surface area contributed by atoms with E-state index in [1.54, 1.807) is 30.3 Å². The normalized spacial score (nSPS) is 10.6. The predicted molar refractivity (Wildman–Crippen MR) is 108 cm³/mol. The first kappa shape index (κ1) is 16.5. The molecule has 0 saturated carbocycles. The van der Waals surface area contributed by atoms with Gasteiger partial charge in [0.15, 0.2) is 0 Å². The average Bonchev–Trinajstić information content (AvgIpc) is 3.33. The molecule has 2 N–H and O–H groups in total. The lowest BCUT2D eigenvalue weighted by Crippen LogP contribution is -2.11. The van der Waals surface area contributed by atoms with Gasteiger partial charge in [0.1, 0.15) is 0 Å². The summed E-state index contributed by atoms with van der Waals surface area (Å²) in [6.07, 6.45) is 0. The highest BCUT2D eigenvalue weighted by Crippen LogP contribution is 2.26. The Hall–Kier alpha value is -2.96. The lowest BCUT2D eigenvalue weighted by Gasteiger charge is -2.06. The van der Waals surface area contributed by atoms with Crippen LogP contribution in [0.3, 0.4) is 0 Å². The Labute approximate surface area is 158 Å². The van der Waals surface area contributed by atoms with Gasteiger partial charge in [-0.15, -0.1) is 22.7 Å². The van der Waals surface area contributed by atoms with Crippen LogP contribution in [0.1, 0.15) is 19.3 Å². The largest absolute Gasteiger partial charge is 0.321 e. The highest BCUT2D eigenvalue weighted by molar-refractivity contribution is 7.20. The van der Waals surface area contributed by atoms with Crippen LogP contribution in [0.2, 0.25) is 0 Å². The summed E-state index contributed by atoms with van der Waals surface area (Å²) in [5.41, 5.74) is 1.37. The molecule has 4 rings (SSSR count). The molecule has 0 aliphatic carbocycles. The summed E-state index contributed by atoms with van der Waals surface area (Å²) >= 11 is 2.86. The number of nitrogens with one attached hydrogen (secondary N) is 2. The summed E-state index contributed by atoms with van der Waals surface area (Å²) < 4.78 is 1.09. The molecule has 0 aliphatic heterocycles. The van der Waals surface area contributed by atoms with Gasteiger partial charge in [-0.05, 0) is 53.2 Å². The smallest absolute Gasteiger partial charge is 0.265 e. The van der Waals surface area contributed by atoms with Gasteiger partial charge >= 0.3 is 0 Å². The molecule has 2 aromatic carbocycles. The van der Waals surface area contributed by atoms with E-state index in [2.05, 4.69) is 10.6 Å². The van der Waals surface area contributed by atoms with Crippen LogP contribution in [0.15, 0.2) is 72.1 Å². The summed E-state index contributed by atoms with van der Waals surface area (Å²) in [5.74, 6) is -0.274. The van der Waals surface area contributed by atoms with Crippen molar-refractivity contribution in [1.82, 2.24) is 0 Å². The number of anilines is 2. The molecule has 0 bridgehead atoms. The molecule has 0 saturated heterocycles. The zero-order valence-electron chi connectivity index (χ0n) is 13.6. The van der Waals surface area contributed by atoms with Gasteiger partial charge < -0.3 is 10.6 Å². The maximum atomic E-state index is 12.4. The highest BCUT2D eigenvalue weighted by atomic mass is 32.1. The van der Waals surface area contributed by atoms with E-state index < -0.39 is 0 Å². The van der Waals surface area contributed by atoms with Crippen molar-refractivity contribution in [3.63, 3.8) is 0 Å². The van der Waals surface area contributed by atoms with Gasteiger partial charge in [0.2, 0.25) is 0 Å². The number of amides is 2. The van der Waals surface area contributed by atoms with Crippen molar-refractivity contribution in [2.45, 2.75) is 0 Å². The summed E-state index contributed by atoms with van der Waals surface area (Å²) in [6.45, 7) is 0. The first-order valence-corrected chi connectivity index (χ1v) is 9.63. The van der Waals surface area contributed by atoms with Gasteiger partial charge in [-0.25, -0.2) is 0 Å². The van der Waals surface area contributed by atoms with E-state index in [9.17, 15) is 9.59 Å². The molecule has 0 fully saturated rings. The molecule has 2 amide bonds. The summed E-state index contributed by atoms with van der Waals surface area (Å²) in [4.78, 5) is 25.8. The van der Waals surface area contributed by atoms with Gasteiger partial charge in [-0.3, -0.25) is 9.59 Å². The quantitative estimate of drug-likeness (QED) is 0.495.